The highest BCUT2D eigenvalue weighted by molar-refractivity contribution is 7.10. The number of aromatic amines is 1. The van der Waals surface area contributed by atoms with Crippen molar-refractivity contribution >= 4 is 40.9 Å². The third-order valence-electron chi connectivity index (χ3n) is 3.72. The van der Waals surface area contributed by atoms with Gasteiger partial charge < -0.3 is 5.32 Å². The fraction of sp³-hybridized carbons (Fsp3) is 0. The molecule has 1 aliphatic heterocycles. The van der Waals surface area contributed by atoms with Crippen molar-refractivity contribution in [3.05, 3.63) is 85.3 Å². The van der Waals surface area contributed by atoms with Gasteiger partial charge in [0.05, 0.1) is 10.2 Å². The first-order valence-electron chi connectivity index (χ1n) is 7.66. The number of para-hydroxylation sites is 2. The van der Waals surface area contributed by atoms with Gasteiger partial charge in [-0.05, 0) is 30.4 Å². The first-order chi connectivity index (χ1) is 12.2. The van der Waals surface area contributed by atoms with E-state index in [1.807, 2.05) is 48.5 Å². The second-order valence-electron chi connectivity index (χ2n) is 5.46. The van der Waals surface area contributed by atoms with Crippen LogP contribution in [-0.2, 0) is 4.79 Å². The van der Waals surface area contributed by atoms with Gasteiger partial charge in [0.25, 0.3) is 5.91 Å². The van der Waals surface area contributed by atoms with Crippen LogP contribution in [0.5, 0.6) is 0 Å². The molecular formula is C19H13N3O2S. The molecule has 2 N–H and O–H groups in total. The molecule has 0 spiro atoms. The Balaban J connectivity index is 1.76. The second-order valence-corrected chi connectivity index (χ2v) is 6.48. The molecule has 5 nitrogen and oxygen atoms in total. The number of aromatic nitrogens is 1. The monoisotopic (exact) mass is 347 g/mol. The molecule has 2 heterocycles. The summed E-state index contributed by atoms with van der Waals surface area (Å²) in [4.78, 5) is 31.4. The summed E-state index contributed by atoms with van der Waals surface area (Å²) in [5, 5.41) is 4.72. The van der Waals surface area contributed by atoms with E-state index in [0.29, 0.717) is 21.6 Å². The minimum atomic E-state index is -0.315. The smallest absolute Gasteiger partial charge is 0.306 e. The minimum Gasteiger partial charge on any atom is -0.341 e. The number of rotatable bonds is 3. The van der Waals surface area contributed by atoms with E-state index in [4.69, 9.17) is 0 Å². The number of thiazole rings is 1. The summed E-state index contributed by atoms with van der Waals surface area (Å²) in [5.41, 5.74) is 1.30. The van der Waals surface area contributed by atoms with Crippen LogP contribution < -0.4 is 20.8 Å². The molecule has 0 fully saturated rings. The van der Waals surface area contributed by atoms with Gasteiger partial charge in [-0.15, -0.1) is 0 Å². The number of fused-ring (bicyclic) bond motifs is 1. The summed E-state index contributed by atoms with van der Waals surface area (Å²) in [6, 6.07) is 17.0. The normalized spacial score (nSPS) is 14.6. The predicted octanol–water partition coefficient (Wildman–Crippen LogP) is 2.20. The number of amides is 1. The maximum Gasteiger partial charge on any atom is 0.306 e. The molecule has 4 rings (SSSR count). The van der Waals surface area contributed by atoms with Gasteiger partial charge in [0.1, 0.15) is 5.82 Å². The average molecular weight is 347 g/mol. The SMILES string of the molecule is O=C1N=c2ccccc2=CC1=Cc1sc(=O)[nH]c1Nc1ccccc1. The zero-order chi connectivity index (χ0) is 17.2. The molecule has 1 aliphatic rings. The molecule has 0 aliphatic carbocycles. The number of carbonyl (C=O) groups is 1. The molecule has 0 saturated heterocycles. The van der Waals surface area contributed by atoms with Crippen molar-refractivity contribution < 1.29 is 4.79 Å². The molecule has 122 valence electrons. The molecule has 0 bridgehead atoms. The zero-order valence-electron chi connectivity index (χ0n) is 13.0. The van der Waals surface area contributed by atoms with Gasteiger partial charge in [-0.1, -0.05) is 47.7 Å². The zero-order valence-corrected chi connectivity index (χ0v) is 13.8. The highest BCUT2D eigenvalue weighted by Gasteiger charge is 2.13. The van der Waals surface area contributed by atoms with Crippen molar-refractivity contribution in [3.63, 3.8) is 0 Å². The molecule has 3 aromatic rings. The Morgan fingerprint density at radius 3 is 2.60 bits per heavy atom. The number of benzene rings is 2. The lowest BCUT2D eigenvalue weighted by Gasteiger charge is -2.06. The highest BCUT2D eigenvalue weighted by atomic mass is 32.1. The van der Waals surface area contributed by atoms with E-state index in [1.165, 1.54) is 0 Å². The summed E-state index contributed by atoms with van der Waals surface area (Å²) < 4.78 is 0. The van der Waals surface area contributed by atoms with Crippen molar-refractivity contribution in [2.24, 2.45) is 4.99 Å². The molecule has 1 aromatic heterocycles. The number of hydrogen-bond acceptors (Lipinski definition) is 4. The molecule has 0 radical (unpaired) electrons. The standard InChI is InChI=1S/C19H13N3O2S/c23-18-13(10-12-6-4-5-9-15(12)21-18)11-16-17(22-19(24)25-16)20-14-7-2-1-3-8-14/h1-11,20H,(H,22,24). The van der Waals surface area contributed by atoms with E-state index in [2.05, 4.69) is 15.3 Å². The Kier molecular flexibility index (Phi) is 3.87. The Labute approximate surface area is 146 Å². The molecule has 0 saturated carbocycles. The molecule has 0 atom stereocenters. The molecule has 1 amide bonds. The summed E-state index contributed by atoms with van der Waals surface area (Å²) in [6.07, 6.45) is 3.48. The van der Waals surface area contributed by atoms with Crippen molar-refractivity contribution in [2.45, 2.75) is 0 Å². The largest absolute Gasteiger partial charge is 0.341 e. The number of H-pyrrole nitrogens is 1. The van der Waals surface area contributed by atoms with Crippen LogP contribution in [0, 0.1) is 0 Å². The number of nitrogens with zero attached hydrogens (tertiary/aromatic N) is 1. The first kappa shape index (κ1) is 15.3. The summed E-state index contributed by atoms with van der Waals surface area (Å²) in [7, 11) is 0. The molecule has 0 unspecified atom stereocenters. The van der Waals surface area contributed by atoms with Crippen molar-refractivity contribution in [1.29, 1.82) is 0 Å². The Bertz CT molecular complexity index is 1160. The topological polar surface area (TPSA) is 74.3 Å². The van der Waals surface area contributed by atoms with Gasteiger partial charge in [-0.3, -0.25) is 14.6 Å². The van der Waals surface area contributed by atoms with Gasteiger partial charge in [0.15, 0.2) is 0 Å². The van der Waals surface area contributed by atoms with Crippen LogP contribution in [0.4, 0.5) is 11.5 Å². The average Bonchev–Trinajstić information content (AvgIpc) is 2.95. The van der Waals surface area contributed by atoms with Crippen LogP contribution in [0.15, 0.2) is 70.0 Å². The first-order valence-corrected chi connectivity index (χ1v) is 8.47. The van der Waals surface area contributed by atoms with E-state index in [1.54, 1.807) is 18.2 Å². The molecular weight excluding hydrogens is 334 g/mol. The highest BCUT2D eigenvalue weighted by Crippen LogP contribution is 2.23. The number of hydrogen-bond donors (Lipinski definition) is 2. The van der Waals surface area contributed by atoms with Gasteiger partial charge in [0.2, 0.25) is 0 Å². The quantitative estimate of drug-likeness (QED) is 0.714. The van der Waals surface area contributed by atoms with Crippen molar-refractivity contribution in [3.8, 4) is 0 Å². The predicted molar refractivity (Wildman–Crippen MR) is 99.3 cm³/mol. The maximum atomic E-state index is 12.3. The Morgan fingerprint density at radius 1 is 1.00 bits per heavy atom. The summed E-state index contributed by atoms with van der Waals surface area (Å²) in [5.74, 6) is 0.249. The Hall–Kier alpha value is -3.25. The van der Waals surface area contributed by atoms with E-state index in [0.717, 1.165) is 22.2 Å². The lowest BCUT2D eigenvalue weighted by atomic mass is 10.1. The van der Waals surface area contributed by atoms with Gasteiger partial charge in [0, 0.05) is 16.5 Å². The Morgan fingerprint density at radius 2 is 1.76 bits per heavy atom. The molecule has 2 aromatic carbocycles. The lowest BCUT2D eigenvalue weighted by molar-refractivity contribution is -0.114. The van der Waals surface area contributed by atoms with Gasteiger partial charge >= 0.3 is 4.87 Å². The van der Waals surface area contributed by atoms with Crippen LogP contribution in [0.2, 0.25) is 0 Å². The number of anilines is 2. The van der Waals surface area contributed by atoms with Gasteiger partial charge in [-0.25, -0.2) is 4.99 Å². The van der Waals surface area contributed by atoms with E-state index in [-0.39, 0.29) is 10.8 Å². The maximum absolute atomic E-state index is 12.3. The van der Waals surface area contributed by atoms with Crippen LogP contribution in [0.25, 0.3) is 12.2 Å². The third-order valence-corrected chi connectivity index (χ3v) is 4.55. The van der Waals surface area contributed by atoms with E-state index >= 15 is 0 Å². The fourth-order valence-electron chi connectivity index (χ4n) is 2.56. The van der Waals surface area contributed by atoms with E-state index in [9.17, 15) is 9.59 Å². The number of nitrogens with one attached hydrogen (secondary N) is 2. The molecule has 6 heteroatoms. The van der Waals surface area contributed by atoms with Gasteiger partial charge in [-0.2, -0.15) is 0 Å². The summed E-state index contributed by atoms with van der Waals surface area (Å²) in [6.45, 7) is 0. The minimum absolute atomic E-state index is 0.189. The van der Waals surface area contributed by atoms with Crippen molar-refractivity contribution in [1.82, 2.24) is 4.98 Å². The van der Waals surface area contributed by atoms with Crippen LogP contribution in [0.3, 0.4) is 0 Å². The van der Waals surface area contributed by atoms with Crippen LogP contribution in [0.1, 0.15) is 4.88 Å². The summed E-state index contributed by atoms with van der Waals surface area (Å²) >= 11 is 1.05. The van der Waals surface area contributed by atoms with Crippen molar-refractivity contribution in [2.75, 3.05) is 5.32 Å². The van der Waals surface area contributed by atoms with Crippen LogP contribution >= 0.6 is 11.3 Å². The third kappa shape index (κ3) is 3.20. The molecule has 25 heavy (non-hydrogen) atoms. The lowest BCUT2D eigenvalue weighted by Crippen LogP contribution is -2.29. The van der Waals surface area contributed by atoms with E-state index < -0.39 is 0 Å². The van der Waals surface area contributed by atoms with Crippen LogP contribution in [-0.4, -0.2) is 10.9 Å². The second kappa shape index (κ2) is 6.33. The number of carbonyl (C=O) groups excluding carboxylic acids is 1. The fourth-order valence-corrected chi connectivity index (χ4v) is 3.30.